The van der Waals surface area contributed by atoms with Crippen molar-refractivity contribution in [3.05, 3.63) is 63.6 Å². The summed E-state index contributed by atoms with van der Waals surface area (Å²) in [6, 6.07) is 12.2. The maximum absolute atomic E-state index is 13.4. The minimum Gasteiger partial charge on any atom is -0.483 e. The molecule has 0 heterocycles. The van der Waals surface area contributed by atoms with Gasteiger partial charge in [-0.15, -0.1) is 0 Å². The molecule has 2 amide bonds. The van der Waals surface area contributed by atoms with Gasteiger partial charge in [-0.2, -0.15) is 0 Å². The van der Waals surface area contributed by atoms with E-state index >= 15 is 0 Å². The van der Waals surface area contributed by atoms with Gasteiger partial charge in [-0.1, -0.05) is 68.2 Å². The molecule has 0 aliphatic rings. The lowest BCUT2D eigenvalue weighted by Gasteiger charge is -2.33. The topological polar surface area (TPSA) is 58.6 Å². The third-order valence-corrected chi connectivity index (χ3v) is 5.85. The number of hydrogen-bond donors (Lipinski definition) is 1. The third kappa shape index (κ3) is 7.94. The standard InChI is InChI=1S/C26H34Cl2N2O3/c1-7-22(25(32)29-26(4,5)6)30(15-18-12-13-20(27)21(28)14-18)24(31)16-33-23-11-9-8-10-19(23)17(2)3/h8-14,17,22H,7,15-16H2,1-6H3,(H,29,32)/t22-/m0/s1. The molecule has 2 rings (SSSR count). The highest BCUT2D eigenvalue weighted by Crippen LogP contribution is 2.27. The minimum atomic E-state index is -0.657. The molecule has 0 spiro atoms. The molecule has 1 atom stereocenters. The van der Waals surface area contributed by atoms with Crippen LogP contribution in [0.5, 0.6) is 5.75 Å². The number of hydrogen-bond acceptors (Lipinski definition) is 3. The van der Waals surface area contributed by atoms with Crippen LogP contribution in [0.4, 0.5) is 0 Å². The smallest absolute Gasteiger partial charge is 0.261 e. The van der Waals surface area contributed by atoms with Crippen LogP contribution in [0.3, 0.4) is 0 Å². The Morgan fingerprint density at radius 3 is 2.30 bits per heavy atom. The molecule has 2 aromatic rings. The highest BCUT2D eigenvalue weighted by atomic mass is 35.5. The van der Waals surface area contributed by atoms with Gasteiger partial charge in [-0.05, 0) is 62.4 Å². The highest BCUT2D eigenvalue weighted by molar-refractivity contribution is 6.42. The summed E-state index contributed by atoms with van der Waals surface area (Å²) in [6.45, 7) is 11.8. The monoisotopic (exact) mass is 492 g/mol. The molecule has 0 aliphatic carbocycles. The van der Waals surface area contributed by atoms with E-state index in [2.05, 4.69) is 19.2 Å². The molecule has 0 radical (unpaired) electrons. The van der Waals surface area contributed by atoms with Crippen LogP contribution in [0.2, 0.25) is 10.0 Å². The molecule has 0 bridgehead atoms. The Hall–Kier alpha value is -2.24. The predicted molar refractivity (Wildman–Crippen MR) is 135 cm³/mol. The normalized spacial score (nSPS) is 12.4. The lowest BCUT2D eigenvalue weighted by molar-refractivity contribution is -0.143. The molecule has 0 fully saturated rings. The summed E-state index contributed by atoms with van der Waals surface area (Å²) < 4.78 is 5.93. The Kier molecular flexibility index (Phi) is 9.62. The van der Waals surface area contributed by atoms with Crippen molar-refractivity contribution in [3.63, 3.8) is 0 Å². The number of rotatable bonds is 9. The second-order valence-corrected chi connectivity index (χ2v) is 10.2. The summed E-state index contributed by atoms with van der Waals surface area (Å²) in [5.74, 6) is 0.434. The van der Waals surface area contributed by atoms with Crippen molar-refractivity contribution >= 4 is 35.0 Å². The molecule has 180 valence electrons. The third-order valence-electron chi connectivity index (χ3n) is 5.11. The van der Waals surface area contributed by atoms with Gasteiger partial charge >= 0.3 is 0 Å². The van der Waals surface area contributed by atoms with Crippen LogP contribution in [0.15, 0.2) is 42.5 Å². The van der Waals surface area contributed by atoms with Crippen molar-refractivity contribution in [3.8, 4) is 5.75 Å². The summed E-state index contributed by atoms with van der Waals surface area (Å²) in [7, 11) is 0. The first-order chi connectivity index (χ1) is 15.4. The quantitative estimate of drug-likeness (QED) is 0.451. The van der Waals surface area contributed by atoms with E-state index < -0.39 is 11.6 Å². The number of amides is 2. The minimum absolute atomic E-state index is 0.176. The molecule has 0 aliphatic heterocycles. The van der Waals surface area contributed by atoms with Crippen LogP contribution < -0.4 is 10.1 Å². The maximum Gasteiger partial charge on any atom is 0.261 e. The Bertz CT molecular complexity index is 970. The van der Waals surface area contributed by atoms with E-state index in [1.807, 2.05) is 52.0 Å². The van der Waals surface area contributed by atoms with Crippen molar-refractivity contribution in [1.29, 1.82) is 0 Å². The maximum atomic E-state index is 13.4. The van der Waals surface area contributed by atoms with Crippen molar-refractivity contribution < 1.29 is 14.3 Å². The number of para-hydroxylation sites is 1. The Balaban J connectivity index is 2.31. The first kappa shape index (κ1) is 27.0. The van der Waals surface area contributed by atoms with E-state index in [4.69, 9.17) is 27.9 Å². The molecule has 5 nitrogen and oxygen atoms in total. The fraction of sp³-hybridized carbons (Fsp3) is 0.462. The van der Waals surface area contributed by atoms with Crippen molar-refractivity contribution in [2.45, 2.75) is 72.0 Å². The molecule has 33 heavy (non-hydrogen) atoms. The van der Waals surface area contributed by atoms with E-state index in [0.29, 0.717) is 22.2 Å². The fourth-order valence-corrected chi connectivity index (χ4v) is 3.84. The van der Waals surface area contributed by atoms with Crippen molar-refractivity contribution in [1.82, 2.24) is 10.2 Å². The van der Waals surface area contributed by atoms with Gasteiger partial charge in [-0.3, -0.25) is 9.59 Å². The second kappa shape index (κ2) is 11.8. The average molecular weight is 493 g/mol. The average Bonchev–Trinajstić information content (AvgIpc) is 2.73. The van der Waals surface area contributed by atoms with Gasteiger partial charge in [0.1, 0.15) is 11.8 Å². The first-order valence-electron chi connectivity index (χ1n) is 11.2. The molecule has 1 N–H and O–H groups in total. The number of ether oxygens (including phenoxy) is 1. The van der Waals surface area contributed by atoms with Gasteiger partial charge in [-0.25, -0.2) is 0 Å². The number of benzene rings is 2. The molecule has 0 saturated carbocycles. The highest BCUT2D eigenvalue weighted by Gasteiger charge is 2.31. The van der Waals surface area contributed by atoms with Gasteiger partial charge in [0.05, 0.1) is 10.0 Å². The SMILES string of the molecule is CC[C@@H](C(=O)NC(C)(C)C)N(Cc1ccc(Cl)c(Cl)c1)C(=O)COc1ccccc1C(C)C. The number of halogens is 2. The predicted octanol–water partition coefficient (Wildman–Crippen LogP) is 6.22. The zero-order chi connectivity index (χ0) is 24.8. The van der Waals surface area contributed by atoms with Gasteiger partial charge in [0.15, 0.2) is 6.61 Å². The molecular weight excluding hydrogens is 459 g/mol. The summed E-state index contributed by atoms with van der Waals surface area (Å²) in [4.78, 5) is 28.0. The molecule has 2 aromatic carbocycles. The van der Waals surface area contributed by atoms with Crippen LogP contribution in [0.25, 0.3) is 0 Å². The van der Waals surface area contributed by atoms with Gasteiger partial charge in [0.25, 0.3) is 5.91 Å². The van der Waals surface area contributed by atoms with E-state index in [1.54, 1.807) is 23.1 Å². The molecule has 0 aromatic heterocycles. The van der Waals surface area contributed by atoms with E-state index in [9.17, 15) is 9.59 Å². The summed E-state index contributed by atoms with van der Waals surface area (Å²) >= 11 is 12.2. The van der Waals surface area contributed by atoms with Crippen LogP contribution >= 0.6 is 23.2 Å². The zero-order valence-corrected chi connectivity index (χ0v) is 21.8. The van der Waals surface area contributed by atoms with Crippen molar-refractivity contribution in [2.75, 3.05) is 6.61 Å². The molecular formula is C26H34Cl2N2O3. The van der Waals surface area contributed by atoms with Gasteiger partial charge < -0.3 is 15.0 Å². The number of nitrogens with one attached hydrogen (secondary N) is 1. The second-order valence-electron chi connectivity index (χ2n) is 9.41. The van der Waals surface area contributed by atoms with E-state index in [1.165, 1.54) is 0 Å². The first-order valence-corrected chi connectivity index (χ1v) is 12.0. The van der Waals surface area contributed by atoms with Gasteiger partial charge in [0, 0.05) is 12.1 Å². The van der Waals surface area contributed by atoms with E-state index in [0.717, 1.165) is 11.1 Å². The van der Waals surface area contributed by atoms with Crippen molar-refractivity contribution in [2.24, 2.45) is 0 Å². The summed E-state index contributed by atoms with van der Waals surface area (Å²) in [5, 5.41) is 3.82. The lowest BCUT2D eigenvalue weighted by atomic mass is 10.0. The Morgan fingerprint density at radius 1 is 1.06 bits per heavy atom. The zero-order valence-electron chi connectivity index (χ0n) is 20.2. The number of nitrogens with zero attached hydrogens (tertiary/aromatic N) is 1. The van der Waals surface area contributed by atoms with Crippen LogP contribution in [-0.2, 0) is 16.1 Å². The molecule has 0 unspecified atom stereocenters. The van der Waals surface area contributed by atoms with Crippen LogP contribution in [0.1, 0.15) is 65.0 Å². The number of carbonyl (C=O) groups is 2. The summed E-state index contributed by atoms with van der Waals surface area (Å²) in [6.07, 6.45) is 0.456. The largest absolute Gasteiger partial charge is 0.483 e. The Labute approximate surface area is 207 Å². The number of carbonyl (C=O) groups excluding carboxylic acids is 2. The fourth-order valence-electron chi connectivity index (χ4n) is 3.52. The molecule has 0 saturated heterocycles. The van der Waals surface area contributed by atoms with E-state index in [-0.39, 0.29) is 30.9 Å². The lowest BCUT2D eigenvalue weighted by Crippen LogP contribution is -2.54. The van der Waals surface area contributed by atoms with Crippen LogP contribution in [0, 0.1) is 0 Å². The van der Waals surface area contributed by atoms with Gasteiger partial charge in [0.2, 0.25) is 5.91 Å². The Morgan fingerprint density at radius 2 is 1.73 bits per heavy atom. The molecule has 7 heteroatoms. The summed E-state index contributed by atoms with van der Waals surface area (Å²) in [5.41, 5.74) is 1.39. The van der Waals surface area contributed by atoms with Crippen LogP contribution in [-0.4, -0.2) is 34.9 Å².